The minimum atomic E-state index is -3.99. The quantitative estimate of drug-likeness (QED) is 0.644. The Balaban J connectivity index is 2.57. The van der Waals surface area contributed by atoms with Gasteiger partial charge in [0.25, 0.3) is 10.1 Å². The van der Waals surface area contributed by atoms with E-state index in [1.165, 1.54) is 11.8 Å². The van der Waals surface area contributed by atoms with E-state index in [9.17, 15) is 8.42 Å². The third kappa shape index (κ3) is 4.08. The first-order chi connectivity index (χ1) is 5.99. The zero-order valence-electron chi connectivity index (χ0n) is 7.01. The highest BCUT2D eigenvalue weighted by molar-refractivity contribution is 8.14. The predicted molar refractivity (Wildman–Crippen MR) is 53.8 cm³/mol. The molecule has 0 aromatic heterocycles. The largest absolute Gasteiger partial charge is 0.321 e. The van der Waals surface area contributed by atoms with Gasteiger partial charge in [-0.15, -0.1) is 11.8 Å². The van der Waals surface area contributed by atoms with Gasteiger partial charge in [0.15, 0.2) is 0 Å². The second-order valence-electron chi connectivity index (χ2n) is 2.78. The maximum absolute atomic E-state index is 10.5. The van der Waals surface area contributed by atoms with Crippen LogP contribution in [0.4, 0.5) is 0 Å². The molecule has 7 heteroatoms. The number of nitrogens with two attached hydrogens (primary N) is 1. The summed E-state index contributed by atoms with van der Waals surface area (Å²) in [6.45, 7) is 0.696. The summed E-state index contributed by atoms with van der Waals surface area (Å²) in [6, 6.07) is -0.680. The Hall–Kier alpha value is -0.110. The van der Waals surface area contributed by atoms with Gasteiger partial charge in [0.05, 0.1) is 16.8 Å². The number of hydrogen-bond acceptors (Lipinski definition) is 5. The molecule has 1 aliphatic rings. The van der Waals surface area contributed by atoms with Crippen molar-refractivity contribution in [2.45, 2.75) is 12.5 Å². The zero-order chi connectivity index (χ0) is 9.90. The van der Waals surface area contributed by atoms with Crippen LogP contribution in [-0.2, 0) is 10.1 Å². The van der Waals surface area contributed by atoms with Gasteiger partial charge in [0.2, 0.25) is 0 Å². The molecule has 0 aromatic rings. The fourth-order valence-electron chi connectivity index (χ4n) is 0.999. The van der Waals surface area contributed by atoms with E-state index < -0.39 is 21.9 Å². The van der Waals surface area contributed by atoms with Gasteiger partial charge in [0, 0.05) is 12.3 Å². The Labute approximate surface area is 81.5 Å². The minimum Gasteiger partial charge on any atom is -0.321 e. The maximum atomic E-state index is 10.5. The molecule has 0 amide bonds. The lowest BCUT2D eigenvalue weighted by Crippen LogP contribution is -2.37. The Bertz CT molecular complexity index is 299. The molecule has 0 spiro atoms. The Morgan fingerprint density at radius 3 is 2.85 bits per heavy atom. The van der Waals surface area contributed by atoms with Crippen LogP contribution >= 0.6 is 11.8 Å². The lowest BCUT2D eigenvalue weighted by molar-refractivity contribution is 0.481. The lowest BCUT2D eigenvalue weighted by atomic mass is 10.4. The number of hydrogen-bond donors (Lipinski definition) is 2. The summed E-state index contributed by atoms with van der Waals surface area (Å²) in [7, 11) is -3.99. The fraction of sp³-hybridized carbons (Fsp3) is 0.833. The van der Waals surface area contributed by atoms with Crippen molar-refractivity contribution in [2.75, 3.05) is 18.1 Å². The molecule has 0 aromatic carbocycles. The van der Waals surface area contributed by atoms with Crippen LogP contribution in [0.3, 0.4) is 0 Å². The van der Waals surface area contributed by atoms with E-state index in [4.69, 9.17) is 10.3 Å². The van der Waals surface area contributed by atoms with Gasteiger partial charge in [-0.2, -0.15) is 8.42 Å². The highest BCUT2D eigenvalue weighted by atomic mass is 32.2. The van der Waals surface area contributed by atoms with E-state index in [-0.39, 0.29) is 0 Å². The van der Waals surface area contributed by atoms with Crippen LogP contribution in [-0.4, -0.2) is 42.1 Å². The first kappa shape index (κ1) is 11.0. The molecule has 3 N–H and O–H groups in total. The molecule has 0 saturated heterocycles. The maximum Gasteiger partial charge on any atom is 0.266 e. The molecule has 76 valence electrons. The molecule has 5 nitrogen and oxygen atoms in total. The van der Waals surface area contributed by atoms with Crippen molar-refractivity contribution in [3.05, 3.63) is 0 Å². The molecule has 1 unspecified atom stereocenters. The molecule has 0 bridgehead atoms. The normalized spacial score (nSPS) is 20.9. The predicted octanol–water partition coefficient (Wildman–Crippen LogP) is -0.263. The Kier molecular flexibility index (Phi) is 3.72. The highest BCUT2D eigenvalue weighted by Crippen LogP contribution is 2.14. The molecule has 1 heterocycles. The van der Waals surface area contributed by atoms with Crippen molar-refractivity contribution < 1.29 is 13.0 Å². The molecule has 0 radical (unpaired) electrons. The average Bonchev–Trinajstić information content (AvgIpc) is 2.03. The van der Waals surface area contributed by atoms with E-state index in [0.29, 0.717) is 11.6 Å². The van der Waals surface area contributed by atoms with Crippen LogP contribution in [0, 0.1) is 0 Å². The molecule has 13 heavy (non-hydrogen) atoms. The first-order valence-electron chi connectivity index (χ1n) is 3.87. The van der Waals surface area contributed by atoms with Gasteiger partial charge < -0.3 is 5.73 Å². The van der Waals surface area contributed by atoms with Gasteiger partial charge >= 0.3 is 0 Å². The van der Waals surface area contributed by atoms with Gasteiger partial charge in [0.1, 0.15) is 0 Å². The standard InChI is InChI=1S/C6H12N2O3S2/c7-5(4-13(9,10)11)6-8-2-1-3-12-6/h5H,1-4,7H2,(H,9,10,11). The third-order valence-corrected chi connectivity index (χ3v) is 3.53. The lowest BCUT2D eigenvalue weighted by Gasteiger charge is -2.16. The van der Waals surface area contributed by atoms with Crippen LogP contribution < -0.4 is 5.73 Å². The van der Waals surface area contributed by atoms with E-state index >= 15 is 0 Å². The molecular weight excluding hydrogens is 212 g/mol. The van der Waals surface area contributed by atoms with E-state index in [1.807, 2.05) is 0 Å². The highest BCUT2D eigenvalue weighted by Gasteiger charge is 2.19. The molecule has 0 saturated carbocycles. The van der Waals surface area contributed by atoms with Gasteiger partial charge in [-0.25, -0.2) is 0 Å². The van der Waals surface area contributed by atoms with Crippen molar-refractivity contribution in [3.63, 3.8) is 0 Å². The second kappa shape index (κ2) is 4.41. The monoisotopic (exact) mass is 224 g/mol. The molecule has 1 atom stereocenters. The molecule has 1 rings (SSSR count). The summed E-state index contributed by atoms with van der Waals surface area (Å²) < 4.78 is 29.5. The molecule has 1 aliphatic heterocycles. The molecule has 0 fully saturated rings. The molecular formula is C6H12N2O3S2. The number of nitrogens with zero attached hydrogens (tertiary/aromatic N) is 1. The van der Waals surface area contributed by atoms with Gasteiger partial charge in [-0.1, -0.05) is 0 Å². The van der Waals surface area contributed by atoms with Crippen LogP contribution in [0.2, 0.25) is 0 Å². The Morgan fingerprint density at radius 1 is 1.69 bits per heavy atom. The van der Waals surface area contributed by atoms with E-state index in [2.05, 4.69) is 4.99 Å². The smallest absolute Gasteiger partial charge is 0.266 e. The van der Waals surface area contributed by atoms with E-state index in [0.717, 1.165) is 12.2 Å². The van der Waals surface area contributed by atoms with Crippen LogP contribution in [0.15, 0.2) is 4.99 Å². The van der Waals surface area contributed by atoms with E-state index in [1.54, 1.807) is 0 Å². The summed E-state index contributed by atoms with van der Waals surface area (Å²) >= 11 is 1.46. The summed E-state index contributed by atoms with van der Waals surface area (Å²) in [6.07, 6.45) is 0.993. The van der Waals surface area contributed by atoms with Crippen molar-refractivity contribution in [1.82, 2.24) is 0 Å². The SMILES string of the molecule is NC(CS(=O)(=O)O)C1=NCCCS1. The van der Waals surface area contributed by atoms with Gasteiger partial charge in [-0.3, -0.25) is 9.55 Å². The Morgan fingerprint density at radius 2 is 2.38 bits per heavy atom. The molecule has 0 aliphatic carbocycles. The fourth-order valence-corrected chi connectivity index (χ4v) is 2.68. The summed E-state index contributed by atoms with van der Waals surface area (Å²) in [5.74, 6) is 0.469. The van der Waals surface area contributed by atoms with Crippen molar-refractivity contribution in [2.24, 2.45) is 10.7 Å². The first-order valence-corrected chi connectivity index (χ1v) is 6.46. The van der Waals surface area contributed by atoms with Crippen LogP contribution in [0.5, 0.6) is 0 Å². The number of rotatable bonds is 3. The van der Waals surface area contributed by atoms with Crippen LogP contribution in [0.25, 0.3) is 0 Å². The zero-order valence-corrected chi connectivity index (χ0v) is 8.64. The summed E-state index contributed by atoms with van der Waals surface area (Å²) in [5, 5.41) is 0.629. The number of aliphatic imine (C=N–C) groups is 1. The number of thioether (sulfide) groups is 1. The average molecular weight is 224 g/mol. The topological polar surface area (TPSA) is 92.8 Å². The van der Waals surface area contributed by atoms with Crippen molar-refractivity contribution in [1.29, 1.82) is 0 Å². The minimum absolute atomic E-state index is 0.446. The second-order valence-corrected chi connectivity index (χ2v) is 5.39. The van der Waals surface area contributed by atoms with Gasteiger partial charge in [-0.05, 0) is 6.42 Å². The van der Waals surface area contributed by atoms with Crippen molar-refractivity contribution in [3.8, 4) is 0 Å². The summed E-state index contributed by atoms with van der Waals surface area (Å²) in [4.78, 5) is 4.09. The van der Waals surface area contributed by atoms with Crippen LogP contribution in [0.1, 0.15) is 6.42 Å². The third-order valence-electron chi connectivity index (χ3n) is 1.53. The van der Waals surface area contributed by atoms with Crippen molar-refractivity contribution >= 4 is 26.9 Å². The summed E-state index contributed by atoms with van der Waals surface area (Å²) in [5.41, 5.74) is 5.54.